The number of benzene rings is 1. The third-order valence-corrected chi connectivity index (χ3v) is 4.79. The molecule has 1 aromatic carbocycles. The van der Waals surface area contributed by atoms with Crippen molar-refractivity contribution in [3.63, 3.8) is 0 Å². The minimum atomic E-state index is -0.431. The number of carbonyl (C=O) groups is 2. The molecule has 0 radical (unpaired) electrons. The molecule has 2 atom stereocenters. The Kier molecular flexibility index (Phi) is 2.64. The first-order valence-corrected chi connectivity index (χ1v) is 7.39. The van der Waals surface area contributed by atoms with Gasteiger partial charge in [0.15, 0.2) is 0 Å². The third kappa shape index (κ3) is 1.64. The van der Waals surface area contributed by atoms with E-state index in [-0.39, 0.29) is 17.4 Å². The van der Waals surface area contributed by atoms with Gasteiger partial charge in [-0.25, -0.2) is 0 Å². The molecule has 22 heavy (non-hydrogen) atoms. The summed E-state index contributed by atoms with van der Waals surface area (Å²) in [5.74, 6) is -0.186. The van der Waals surface area contributed by atoms with Crippen molar-refractivity contribution in [2.45, 2.75) is 12.0 Å². The zero-order valence-electron chi connectivity index (χ0n) is 12.2. The topological polar surface area (TPSA) is 49.4 Å². The van der Waals surface area contributed by atoms with Crippen molar-refractivity contribution in [1.82, 2.24) is 4.90 Å². The first-order chi connectivity index (χ1) is 10.6. The molecule has 1 N–H and O–H groups in total. The average Bonchev–Trinajstić information content (AvgIpc) is 2.98. The summed E-state index contributed by atoms with van der Waals surface area (Å²) in [6.45, 7) is 0. The number of nitrogens with zero attached hydrogens (tertiary/aromatic N) is 1. The molecule has 2 amide bonds. The van der Waals surface area contributed by atoms with Gasteiger partial charge in [0.25, 0.3) is 11.8 Å². The molecular weight excluding hydrogens is 276 g/mol. The molecular formula is C18H16N2O2. The van der Waals surface area contributed by atoms with Crippen molar-refractivity contribution < 1.29 is 9.59 Å². The van der Waals surface area contributed by atoms with Crippen molar-refractivity contribution in [3.05, 3.63) is 65.8 Å². The summed E-state index contributed by atoms with van der Waals surface area (Å²) in [7, 11) is 1.77. The summed E-state index contributed by atoms with van der Waals surface area (Å²) >= 11 is 0. The lowest BCUT2D eigenvalue weighted by molar-refractivity contribution is -0.128. The van der Waals surface area contributed by atoms with E-state index in [4.69, 9.17) is 0 Å². The van der Waals surface area contributed by atoms with Crippen LogP contribution in [0.1, 0.15) is 6.42 Å². The van der Waals surface area contributed by atoms with Crippen molar-refractivity contribution in [2.24, 2.45) is 5.92 Å². The number of amides is 2. The van der Waals surface area contributed by atoms with E-state index in [0.717, 1.165) is 12.0 Å². The van der Waals surface area contributed by atoms with E-state index < -0.39 is 5.54 Å². The van der Waals surface area contributed by atoms with Gasteiger partial charge >= 0.3 is 0 Å². The number of likely N-dealkylation sites (N-methyl/N-ethyl adjacent to an activating group) is 1. The van der Waals surface area contributed by atoms with Crippen molar-refractivity contribution in [2.75, 3.05) is 12.4 Å². The van der Waals surface area contributed by atoms with Crippen LogP contribution in [-0.2, 0) is 9.59 Å². The van der Waals surface area contributed by atoms with Gasteiger partial charge in [0.05, 0.1) is 5.54 Å². The molecule has 0 saturated heterocycles. The van der Waals surface area contributed by atoms with Crippen LogP contribution < -0.4 is 5.32 Å². The van der Waals surface area contributed by atoms with Gasteiger partial charge in [-0.1, -0.05) is 42.5 Å². The Morgan fingerprint density at radius 2 is 2.05 bits per heavy atom. The zero-order chi connectivity index (χ0) is 15.3. The van der Waals surface area contributed by atoms with Crippen LogP contribution in [0.2, 0.25) is 0 Å². The monoisotopic (exact) mass is 292 g/mol. The number of allylic oxidation sites excluding steroid dienone is 2. The SMILES string of the molecule is CN1C(=O)C(C(=O)Nc2ccccc2)=C2C=CC3C=CC21C3. The lowest BCUT2D eigenvalue weighted by Gasteiger charge is -2.35. The van der Waals surface area contributed by atoms with E-state index in [2.05, 4.69) is 23.5 Å². The second-order valence-electron chi connectivity index (χ2n) is 5.98. The molecule has 3 aliphatic rings. The van der Waals surface area contributed by atoms with Crippen molar-refractivity contribution in [3.8, 4) is 0 Å². The van der Waals surface area contributed by atoms with Gasteiger partial charge < -0.3 is 10.2 Å². The normalized spacial score (nSPS) is 28.3. The zero-order valence-corrected chi connectivity index (χ0v) is 12.2. The van der Waals surface area contributed by atoms with Gasteiger partial charge in [-0.2, -0.15) is 0 Å². The molecule has 2 unspecified atom stereocenters. The number of carbonyl (C=O) groups excluding carboxylic acids is 2. The van der Waals surface area contributed by atoms with E-state index in [1.165, 1.54) is 0 Å². The predicted molar refractivity (Wildman–Crippen MR) is 84.0 cm³/mol. The Morgan fingerprint density at radius 1 is 1.27 bits per heavy atom. The highest BCUT2D eigenvalue weighted by atomic mass is 16.2. The molecule has 1 aromatic rings. The molecule has 0 aromatic heterocycles. The minimum absolute atomic E-state index is 0.208. The van der Waals surface area contributed by atoms with Crippen LogP contribution in [0.4, 0.5) is 5.69 Å². The number of nitrogens with one attached hydrogen (secondary N) is 1. The van der Waals surface area contributed by atoms with Crippen LogP contribution in [0.15, 0.2) is 65.8 Å². The largest absolute Gasteiger partial charge is 0.328 e. The number of hydrogen-bond acceptors (Lipinski definition) is 2. The lowest BCUT2D eigenvalue weighted by Crippen LogP contribution is -2.44. The van der Waals surface area contributed by atoms with Gasteiger partial charge in [0.2, 0.25) is 0 Å². The second kappa shape index (κ2) is 4.44. The molecule has 2 bridgehead atoms. The summed E-state index contributed by atoms with van der Waals surface area (Å²) in [5, 5.41) is 2.82. The van der Waals surface area contributed by atoms with Gasteiger partial charge in [0.1, 0.15) is 5.57 Å². The molecule has 1 aliphatic heterocycles. The van der Waals surface area contributed by atoms with Gasteiger partial charge in [-0.05, 0) is 30.0 Å². The van der Waals surface area contributed by atoms with Crippen LogP contribution in [-0.4, -0.2) is 29.3 Å². The Labute approximate surface area is 128 Å². The number of para-hydroxylation sites is 1. The van der Waals surface area contributed by atoms with E-state index in [9.17, 15) is 9.59 Å². The molecule has 0 saturated carbocycles. The smallest absolute Gasteiger partial charge is 0.261 e. The van der Waals surface area contributed by atoms with Gasteiger partial charge in [-0.3, -0.25) is 9.59 Å². The fourth-order valence-corrected chi connectivity index (χ4v) is 3.60. The summed E-state index contributed by atoms with van der Waals surface area (Å²) in [4.78, 5) is 26.9. The Balaban J connectivity index is 1.75. The van der Waals surface area contributed by atoms with Crippen LogP contribution in [0.25, 0.3) is 0 Å². The summed E-state index contributed by atoms with van der Waals surface area (Å²) in [6.07, 6.45) is 9.02. The first-order valence-electron chi connectivity index (χ1n) is 7.39. The number of hydrogen-bond donors (Lipinski definition) is 1. The summed E-state index contributed by atoms with van der Waals surface area (Å²) < 4.78 is 0. The second-order valence-corrected chi connectivity index (χ2v) is 5.98. The van der Waals surface area contributed by atoms with Crippen molar-refractivity contribution >= 4 is 17.5 Å². The molecule has 4 rings (SSSR count). The van der Waals surface area contributed by atoms with Gasteiger partial charge in [0, 0.05) is 12.7 Å². The highest BCUT2D eigenvalue weighted by molar-refractivity contribution is 6.25. The first kappa shape index (κ1) is 13.1. The molecule has 1 heterocycles. The highest BCUT2D eigenvalue weighted by Crippen LogP contribution is 2.48. The van der Waals surface area contributed by atoms with E-state index >= 15 is 0 Å². The number of anilines is 1. The van der Waals surface area contributed by atoms with Gasteiger partial charge in [-0.15, -0.1) is 0 Å². The van der Waals surface area contributed by atoms with E-state index in [1.807, 2.05) is 36.4 Å². The summed E-state index contributed by atoms with van der Waals surface area (Å²) in [6, 6.07) is 9.20. The molecule has 110 valence electrons. The maximum Gasteiger partial charge on any atom is 0.261 e. The number of fused-ring (bicyclic) bond motifs is 1. The van der Waals surface area contributed by atoms with Crippen LogP contribution in [0.5, 0.6) is 0 Å². The molecule has 2 aliphatic carbocycles. The average molecular weight is 292 g/mol. The maximum atomic E-state index is 12.6. The lowest BCUT2D eigenvalue weighted by atomic mass is 9.82. The van der Waals surface area contributed by atoms with Crippen LogP contribution in [0, 0.1) is 5.92 Å². The summed E-state index contributed by atoms with van der Waals surface area (Å²) in [5.41, 5.74) is 1.34. The number of rotatable bonds is 2. The van der Waals surface area contributed by atoms with E-state index in [1.54, 1.807) is 11.9 Å². The highest BCUT2D eigenvalue weighted by Gasteiger charge is 2.53. The third-order valence-electron chi connectivity index (χ3n) is 4.79. The standard InChI is InChI=1S/C18H16N2O2/c1-20-17(22)15(16(21)19-13-5-3-2-4-6-13)14-8-7-12-9-10-18(14,20)11-12/h2-10,12H,11H2,1H3,(H,19,21). The molecule has 4 heteroatoms. The Morgan fingerprint density at radius 3 is 2.82 bits per heavy atom. The molecule has 0 fully saturated rings. The Hall–Kier alpha value is -2.62. The minimum Gasteiger partial charge on any atom is -0.328 e. The predicted octanol–water partition coefficient (Wildman–Crippen LogP) is 2.28. The maximum absolute atomic E-state index is 12.6. The quantitative estimate of drug-likeness (QED) is 0.671. The fraction of sp³-hybridized carbons (Fsp3) is 0.222. The van der Waals surface area contributed by atoms with Crippen LogP contribution >= 0.6 is 0 Å². The Bertz CT molecular complexity index is 761. The van der Waals surface area contributed by atoms with Crippen molar-refractivity contribution in [1.29, 1.82) is 0 Å². The van der Waals surface area contributed by atoms with Crippen LogP contribution in [0.3, 0.4) is 0 Å². The molecule has 1 spiro atoms. The molecule has 4 nitrogen and oxygen atoms in total. The fourth-order valence-electron chi connectivity index (χ4n) is 3.60. The van der Waals surface area contributed by atoms with E-state index in [0.29, 0.717) is 11.6 Å².